The Kier molecular flexibility index (Phi) is 10.5. The Balaban J connectivity index is 1.63. The van der Waals surface area contributed by atoms with Crippen molar-refractivity contribution in [3.63, 3.8) is 0 Å². The van der Waals surface area contributed by atoms with E-state index in [1.165, 1.54) is 16.0 Å². The fraction of sp³-hybridized carbons (Fsp3) is 0.414. The van der Waals surface area contributed by atoms with Gasteiger partial charge in [0.15, 0.2) is 5.78 Å². The van der Waals surface area contributed by atoms with E-state index in [4.69, 9.17) is 9.84 Å². The number of benzene rings is 2. The number of aryl methyl sites for hydroxylation is 4. The van der Waals surface area contributed by atoms with Crippen molar-refractivity contribution in [1.82, 2.24) is 5.32 Å². The van der Waals surface area contributed by atoms with Crippen LogP contribution in [0.25, 0.3) is 11.1 Å². The van der Waals surface area contributed by atoms with Crippen LogP contribution in [-0.4, -0.2) is 48.4 Å². The largest absolute Gasteiger partial charge is 0.490 e. The predicted octanol–water partition coefficient (Wildman–Crippen LogP) is 5.12. The molecular weight excluding hydrogens is 458 g/mol. The van der Waals surface area contributed by atoms with Gasteiger partial charge in [0, 0.05) is 24.4 Å². The lowest BCUT2D eigenvalue weighted by Gasteiger charge is -2.17. The van der Waals surface area contributed by atoms with E-state index in [1.54, 1.807) is 11.3 Å². The molecule has 1 atom stereocenters. The van der Waals surface area contributed by atoms with E-state index < -0.39 is 6.10 Å². The minimum absolute atomic E-state index is 0.0380. The van der Waals surface area contributed by atoms with Crippen molar-refractivity contribution in [3.8, 4) is 16.9 Å². The van der Waals surface area contributed by atoms with Gasteiger partial charge < -0.3 is 20.3 Å². The molecule has 0 aliphatic heterocycles. The summed E-state index contributed by atoms with van der Waals surface area (Å²) in [7, 11) is 0. The Bertz CT molecular complexity index is 1070. The Morgan fingerprint density at radius 2 is 1.80 bits per heavy atom. The summed E-state index contributed by atoms with van der Waals surface area (Å²) >= 11 is 1.63. The van der Waals surface area contributed by atoms with E-state index in [-0.39, 0.29) is 19.0 Å². The number of ether oxygens (including phenoxy) is 1. The number of ketones is 1. The van der Waals surface area contributed by atoms with E-state index in [0.29, 0.717) is 25.9 Å². The molecule has 5 nitrogen and oxygen atoms in total. The van der Waals surface area contributed by atoms with E-state index in [2.05, 4.69) is 42.6 Å². The summed E-state index contributed by atoms with van der Waals surface area (Å²) in [6.07, 6.45) is 2.53. The summed E-state index contributed by atoms with van der Waals surface area (Å²) in [6, 6.07) is 16.5. The number of carbonyl (C=O) groups is 1. The zero-order valence-corrected chi connectivity index (χ0v) is 21.8. The Labute approximate surface area is 212 Å². The minimum Gasteiger partial charge on any atom is -0.490 e. The third-order valence-corrected chi connectivity index (χ3v) is 7.13. The average molecular weight is 496 g/mol. The molecule has 0 radical (unpaired) electrons. The fourth-order valence-corrected chi connectivity index (χ4v) is 5.47. The smallest absolute Gasteiger partial charge is 0.173 e. The van der Waals surface area contributed by atoms with Crippen LogP contribution in [-0.2, 0) is 12.8 Å². The first kappa shape index (κ1) is 27.1. The standard InChI is InChI=1S/C29H37NO4S/c1-4-8-27-25(23-9-6-5-7-10-23)17-28(35-27)26(33)12-11-22-15-20(2)29(21(3)16-22)34-19-24(32)18-30-13-14-31/h5-7,9-10,15-17,24,30-32H,4,8,11-14,18-19H2,1-3H3. The molecule has 1 heterocycles. The van der Waals surface area contributed by atoms with Gasteiger partial charge in [-0.2, -0.15) is 0 Å². The van der Waals surface area contributed by atoms with Crippen molar-refractivity contribution < 1.29 is 19.7 Å². The van der Waals surface area contributed by atoms with Crippen LogP contribution in [0.15, 0.2) is 48.5 Å². The quantitative estimate of drug-likeness (QED) is 0.214. The second-order valence-electron chi connectivity index (χ2n) is 8.94. The van der Waals surface area contributed by atoms with Crippen molar-refractivity contribution in [2.45, 2.75) is 52.6 Å². The first-order valence-corrected chi connectivity index (χ1v) is 13.2. The molecule has 0 spiro atoms. The van der Waals surface area contributed by atoms with E-state index in [0.717, 1.165) is 40.2 Å². The molecule has 6 heteroatoms. The maximum atomic E-state index is 13.1. The van der Waals surface area contributed by atoms with Gasteiger partial charge >= 0.3 is 0 Å². The van der Waals surface area contributed by atoms with Crippen LogP contribution in [0.2, 0.25) is 0 Å². The number of thiophene rings is 1. The van der Waals surface area contributed by atoms with Gasteiger partial charge in [-0.1, -0.05) is 55.8 Å². The number of aliphatic hydroxyl groups excluding tert-OH is 2. The number of Topliss-reactive ketones (excluding diaryl/α,β-unsaturated/α-hetero) is 1. The molecule has 1 unspecified atom stereocenters. The first-order chi connectivity index (χ1) is 16.9. The lowest BCUT2D eigenvalue weighted by atomic mass is 10.00. The summed E-state index contributed by atoms with van der Waals surface area (Å²) in [5.74, 6) is 0.958. The molecule has 2 aromatic carbocycles. The highest BCUT2D eigenvalue weighted by Gasteiger charge is 2.16. The van der Waals surface area contributed by atoms with Crippen molar-refractivity contribution in [2.75, 3.05) is 26.3 Å². The summed E-state index contributed by atoms with van der Waals surface area (Å²) in [4.78, 5) is 15.2. The van der Waals surface area contributed by atoms with Gasteiger partial charge in [0.1, 0.15) is 18.5 Å². The van der Waals surface area contributed by atoms with E-state index >= 15 is 0 Å². The molecule has 0 fully saturated rings. The van der Waals surface area contributed by atoms with Crippen molar-refractivity contribution in [2.24, 2.45) is 0 Å². The molecular formula is C29H37NO4S. The lowest BCUT2D eigenvalue weighted by molar-refractivity contribution is 0.0986. The maximum Gasteiger partial charge on any atom is 0.173 e. The van der Waals surface area contributed by atoms with Crippen LogP contribution in [0.5, 0.6) is 5.75 Å². The number of rotatable bonds is 14. The van der Waals surface area contributed by atoms with Gasteiger partial charge in [-0.25, -0.2) is 0 Å². The molecule has 0 aliphatic rings. The number of nitrogens with one attached hydrogen (secondary N) is 1. The Hall–Kier alpha value is -2.51. The number of aliphatic hydroxyl groups is 2. The third-order valence-electron chi connectivity index (χ3n) is 5.90. The van der Waals surface area contributed by atoms with E-state index in [1.807, 2.05) is 32.0 Å². The highest BCUT2D eigenvalue weighted by atomic mass is 32.1. The third kappa shape index (κ3) is 7.74. The summed E-state index contributed by atoms with van der Waals surface area (Å²) in [5, 5.41) is 21.8. The van der Waals surface area contributed by atoms with Gasteiger partial charge in [0.2, 0.25) is 0 Å². The second-order valence-corrected chi connectivity index (χ2v) is 10.1. The lowest BCUT2D eigenvalue weighted by Crippen LogP contribution is -2.33. The molecule has 3 N–H and O–H groups in total. The molecule has 0 aliphatic carbocycles. The maximum absolute atomic E-state index is 13.1. The van der Waals surface area contributed by atoms with Crippen LogP contribution in [0.3, 0.4) is 0 Å². The van der Waals surface area contributed by atoms with Crippen LogP contribution >= 0.6 is 11.3 Å². The number of hydrogen-bond acceptors (Lipinski definition) is 6. The van der Waals surface area contributed by atoms with Gasteiger partial charge in [-0.15, -0.1) is 11.3 Å². The highest BCUT2D eigenvalue weighted by Crippen LogP contribution is 2.34. The molecule has 0 bridgehead atoms. The van der Waals surface area contributed by atoms with Gasteiger partial charge in [0.25, 0.3) is 0 Å². The SMILES string of the molecule is CCCc1sc(C(=O)CCc2cc(C)c(OCC(O)CNCCO)c(C)c2)cc1-c1ccccc1. The summed E-state index contributed by atoms with van der Waals surface area (Å²) in [6.45, 7) is 7.19. The Morgan fingerprint density at radius 3 is 2.46 bits per heavy atom. The molecule has 0 saturated heterocycles. The fourth-order valence-electron chi connectivity index (χ4n) is 4.22. The van der Waals surface area contributed by atoms with Crippen LogP contribution in [0.4, 0.5) is 0 Å². The monoisotopic (exact) mass is 495 g/mol. The molecule has 1 aromatic heterocycles. The first-order valence-electron chi connectivity index (χ1n) is 12.4. The minimum atomic E-state index is -0.651. The zero-order valence-electron chi connectivity index (χ0n) is 21.0. The molecule has 188 valence electrons. The van der Waals surface area contributed by atoms with Gasteiger partial charge in [-0.3, -0.25) is 4.79 Å². The van der Waals surface area contributed by atoms with Crippen LogP contribution in [0.1, 0.15) is 51.0 Å². The second kappa shape index (κ2) is 13.5. The van der Waals surface area contributed by atoms with Crippen molar-refractivity contribution in [3.05, 3.63) is 75.0 Å². The summed E-state index contributed by atoms with van der Waals surface area (Å²) in [5.41, 5.74) is 5.45. The van der Waals surface area contributed by atoms with Gasteiger partial charge in [-0.05, 0) is 60.6 Å². The average Bonchev–Trinajstić information content (AvgIpc) is 3.27. The Morgan fingerprint density at radius 1 is 1.09 bits per heavy atom. The topological polar surface area (TPSA) is 78.8 Å². The predicted molar refractivity (Wildman–Crippen MR) is 144 cm³/mol. The van der Waals surface area contributed by atoms with Gasteiger partial charge in [0.05, 0.1) is 11.5 Å². The molecule has 35 heavy (non-hydrogen) atoms. The molecule has 0 amide bonds. The molecule has 3 rings (SSSR count). The molecule has 3 aromatic rings. The highest BCUT2D eigenvalue weighted by molar-refractivity contribution is 7.14. The zero-order chi connectivity index (χ0) is 25.2. The summed E-state index contributed by atoms with van der Waals surface area (Å²) < 4.78 is 5.87. The number of carbonyl (C=O) groups excluding carboxylic acids is 1. The van der Waals surface area contributed by atoms with Crippen LogP contribution < -0.4 is 10.1 Å². The number of hydrogen-bond donors (Lipinski definition) is 3. The normalized spacial score (nSPS) is 12.0. The van der Waals surface area contributed by atoms with Crippen molar-refractivity contribution in [1.29, 1.82) is 0 Å². The van der Waals surface area contributed by atoms with Crippen LogP contribution in [0, 0.1) is 13.8 Å². The van der Waals surface area contributed by atoms with Crippen molar-refractivity contribution >= 4 is 17.1 Å². The van der Waals surface area contributed by atoms with E-state index in [9.17, 15) is 9.90 Å². The molecule has 0 saturated carbocycles.